The molecule has 0 saturated heterocycles. The Morgan fingerprint density at radius 2 is 1.64 bits per heavy atom. The molecule has 5 heteroatoms. The minimum atomic E-state index is 0.791. The van der Waals surface area contributed by atoms with E-state index in [0.717, 1.165) is 40.9 Å². The van der Waals surface area contributed by atoms with Crippen molar-refractivity contribution in [2.75, 3.05) is 11.9 Å². The van der Waals surface area contributed by atoms with Crippen LogP contribution in [0.5, 0.6) is 0 Å². The second-order valence-electron chi connectivity index (χ2n) is 5.75. The summed E-state index contributed by atoms with van der Waals surface area (Å²) in [5.74, 6) is 0.791. The summed E-state index contributed by atoms with van der Waals surface area (Å²) in [7, 11) is 0. The fourth-order valence-corrected chi connectivity index (χ4v) is 2.70. The molecule has 0 saturated carbocycles. The van der Waals surface area contributed by atoms with Gasteiger partial charge in [-0.1, -0.05) is 36.4 Å². The van der Waals surface area contributed by atoms with Crippen LogP contribution < -0.4 is 5.32 Å². The number of hydrogen-bond donors (Lipinski definition) is 1. The van der Waals surface area contributed by atoms with E-state index < -0.39 is 0 Å². The zero-order valence-corrected chi connectivity index (χ0v) is 13.6. The maximum atomic E-state index is 4.64. The summed E-state index contributed by atoms with van der Waals surface area (Å²) in [5, 5.41) is 3.34. The summed E-state index contributed by atoms with van der Waals surface area (Å²) < 4.78 is 0. The number of aromatic nitrogens is 4. The fraction of sp³-hybridized carbons (Fsp3) is 0.100. The van der Waals surface area contributed by atoms with Crippen LogP contribution in [0, 0.1) is 0 Å². The number of rotatable bonds is 5. The molecule has 0 bridgehead atoms. The van der Waals surface area contributed by atoms with Gasteiger partial charge in [0.15, 0.2) is 0 Å². The Hall–Kier alpha value is -3.34. The molecule has 2 aromatic carbocycles. The van der Waals surface area contributed by atoms with Crippen LogP contribution in [0.25, 0.3) is 22.2 Å². The molecule has 5 nitrogen and oxygen atoms in total. The van der Waals surface area contributed by atoms with Gasteiger partial charge in [0.05, 0.1) is 17.2 Å². The van der Waals surface area contributed by atoms with Crippen molar-refractivity contribution in [1.29, 1.82) is 0 Å². The molecule has 0 unspecified atom stereocenters. The Morgan fingerprint density at radius 1 is 0.800 bits per heavy atom. The molecule has 0 atom stereocenters. The fourth-order valence-electron chi connectivity index (χ4n) is 2.70. The van der Waals surface area contributed by atoms with E-state index in [1.165, 1.54) is 11.9 Å². The van der Waals surface area contributed by atoms with E-state index in [2.05, 4.69) is 49.5 Å². The lowest BCUT2D eigenvalue weighted by atomic mass is 10.1. The van der Waals surface area contributed by atoms with Gasteiger partial charge in [0.2, 0.25) is 0 Å². The molecule has 2 heterocycles. The first-order chi connectivity index (χ1) is 12.4. The van der Waals surface area contributed by atoms with Crippen LogP contribution in [0.1, 0.15) is 5.56 Å². The molecule has 2 aromatic heterocycles. The summed E-state index contributed by atoms with van der Waals surface area (Å²) in [5.41, 5.74) is 5.03. The van der Waals surface area contributed by atoms with Crippen molar-refractivity contribution in [2.24, 2.45) is 0 Å². The van der Waals surface area contributed by atoms with Crippen LogP contribution in [0.3, 0.4) is 0 Å². The lowest BCUT2D eigenvalue weighted by molar-refractivity contribution is 1.01. The van der Waals surface area contributed by atoms with Crippen molar-refractivity contribution >= 4 is 16.9 Å². The van der Waals surface area contributed by atoms with Gasteiger partial charge in [0.25, 0.3) is 0 Å². The van der Waals surface area contributed by atoms with Gasteiger partial charge >= 0.3 is 0 Å². The molecule has 0 aliphatic carbocycles. The second kappa shape index (κ2) is 7.05. The lowest BCUT2D eigenvalue weighted by Crippen LogP contribution is -2.06. The van der Waals surface area contributed by atoms with Crippen molar-refractivity contribution in [3.63, 3.8) is 0 Å². The summed E-state index contributed by atoms with van der Waals surface area (Å²) >= 11 is 0. The number of hydrogen-bond acceptors (Lipinski definition) is 5. The summed E-state index contributed by atoms with van der Waals surface area (Å²) in [6, 6.07) is 16.4. The average molecular weight is 327 g/mol. The number of benzene rings is 2. The predicted molar refractivity (Wildman–Crippen MR) is 99.2 cm³/mol. The molecule has 0 spiro atoms. The Kier molecular flexibility index (Phi) is 4.29. The molecule has 25 heavy (non-hydrogen) atoms. The zero-order chi connectivity index (χ0) is 16.9. The van der Waals surface area contributed by atoms with E-state index in [1.54, 1.807) is 18.6 Å². The van der Waals surface area contributed by atoms with Crippen LogP contribution in [-0.2, 0) is 6.42 Å². The first-order valence-electron chi connectivity index (χ1n) is 8.18. The van der Waals surface area contributed by atoms with Gasteiger partial charge in [-0.05, 0) is 29.7 Å². The minimum Gasteiger partial charge on any atom is -0.368 e. The number of anilines is 1. The number of nitrogens with one attached hydrogen (secondary N) is 1. The highest BCUT2D eigenvalue weighted by Gasteiger charge is 2.04. The Labute approximate surface area is 145 Å². The first-order valence-corrected chi connectivity index (χ1v) is 8.18. The number of nitrogens with zero attached hydrogens (tertiary/aromatic N) is 4. The van der Waals surface area contributed by atoms with Crippen molar-refractivity contribution in [3.8, 4) is 11.1 Å². The van der Waals surface area contributed by atoms with Crippen molar-refractivity contribution in [3.05, 3.63) is 79.0 Å². The van der Waals surface area contributed by atoms with Gasteiger partial charge in [-0.25, -0.2) is 15.0 Å². The predicted octanol–water partition coefficient (Wildman–Crippen LogP) is 3.74. The van der Waals surface area contributed by atoms with Gasteiger partial charge in [-0.3, -0.25) is 4.98 Å². The monoisotopic (exact) mass is 327 g/mol. The maximum Gasteiger partial charge on any atom is 0.145 e. The topological polar surface area (TPSA) is 63.6 Å². The van der Waals surface area contributed by atoms with Crippen LogP contribution in [0.4, 0.5) is 5.82 Å². The van der Waals surface area contributed by atoms with Gasteiger partial charge in [-0.15, -0.1) is 0 Å². The van der Waals surface area contributed by atoms with Gasteiger partial charge in [0.1, 0.15) is 12.1 Å². The van der Waals surface area contributed by atoms with Crippen molar-refractivity contribution in [1.82, 2.24) is 19.9 Å². The van der Waals surface area contributed by atoms with E-state index in [-0.39, 0.29) is 0 Å². The van der Waals surface area contributed by atoms with Crippen LogP contribution in [0.2, 0.25) is 0 Å². The minimum absolute atomic E-state index is 0.791. The Bertz CT molecular complexity index is 971. The highest BCUT2D eigenvalue weighted by Crippen LogP contribution is 2.22. The maximum absolute atomic E-state index is 4.64. The van der Waals surface area contributed by atoms with Crippen LogP contribution >= 0.6 is 0 Å². The number of fused-ring (bicyclic) bond motifs is 1. The van der Waals surface area contributed by atoms with Crippen LogP contribution in [-0.4, -0.2) is 26.5 Å². The van der Waals surface area contributed by atoms with E-state index in [0.29, 0.717) is 0 Å². The smallest absolute Gasteiger partial charge is 0.145 e. The van der Waals surface area contributed by atoms with E-state index in [9.17, 15) is 0 Å². The molecule has 4 aromatic rings. The molecule has 4 rings (SSSR count). The molecular weight excluding hydrogens is 310 g/mol. The quantitative estimate of drug-likeness (QED) is 0.605. The molecule has 0 fully saturated rings. The van der Waals surface area contributed by atoms with Crippen LogP contribution in [0.15, 0.2) is 73.4 Å². The molecule has 122 valence electrons. The molecule has 0 aliphatic heterocycles. The highest BCUT2D eigenvalue weighted by atomic mass is 15.0. The average Bonchev–Trinajstić information content (AvgIpc) is 2.69. The Morgan fingerprint density at radius 3 is 2.48 bits per heavy atom. The van der Waals surface area contributed by atoms with Crippen molar-refractivity contribution < 1.29 is 0 Å². The third-order valence-electron chi connectivity index (χ3n) is 4.00. The van der Waals surface area contributed by atoms with Gasteiger partial charge in [-0.2, -0.15) is 0 Å². The third kappa shape index (κ3) is 3.61. The molecule has 1 N–H and O–H groups in total. The third-order valence-corrected chi connectivity index (χ3v) is 4.00. The zero-order valence-electron chi connectivity index (χ0n) is 13.6. The van der Waals surface area contributed by atoms with Gasteiger partial charge in [0, 0.05) is 24.5 Å². The molecule has 0 aliphatic rings. The molecule has 0 radical (unpaired) electrons. The standard InChI is InChI=1S/C20H17N5/c1-2-4-15(5-3-1)8-9-23-20-13-24-19-10-16(6-7-18(19)25-20)17-11-21-14-22-12-17/h1-7,10-14H,8-9H2,(H,23,25). The summed E-state index contributed by atoms with van der Waals surface area (Å²) in [6.07, 6.45) is 7.84. The highest BCUT2D eigenvalue weighted by molar-refractivity contribution is 5.81. The molecular formula is C20H17N5. The van der Waals surface area contributed by atoms with Crippen molar-refractivity contribution in [2.45, 2.75) is 6.42 Å². The normalized spacial score (nSPS) is 10.7. The summed E-state index contributed by atoms with van der Waals surface area (Å²) in [4.78, 5) is 17.3. The largest absolute Gasteiger partial charge is 0.368 e. The Balaban J connectivity index is 1.49. The SMILES string of the molecule is c1ccc(CCNc2cnc3cc(-c4cncnc4)ccc3n2)cc1. The first kappa shape index (κ1) is 15.2. The van der Waals surface area contributed by atoms with Gasteiger partial charge < -0.3 is 5.32 Å². The lowest BCUT2D eigenvalue weighted by Gasteiger charge is -2.07. The molecule has 0 amide bonds. The summed E-state index contributed by atoms with van der Waals surface area (Å²) in [6.45, 7) is 0.823. The van der Waals surface area contributed by atoms with E-state index >= 15 is 0 Å². The van der Waals surface area contributed by atoms with E-state index in [1.807, 2.05) is 24.3 Å². The van der Waals surface area contributed by atoms with E-state index in [4.69, 9.17) is 0 Å². The second-order valence-corrected chi connectivity index (χ2v) is 5.75.